The van der Waals surface area contributed by atoms with Crippen LogP contribution in [0.25, 0.3) is 0 Å². The van der Waals surface area contributed by atoms with Gasteiger partial charge in [0.15, 0.2) is 0 Å². The van der Waals surface area contributed by atoms with Gasteiger partial charge < -0.3 is 15.0 Å². The highest BCUT2D eigenvalue weighted by atomic mass is 32.1. The minimum atomic E-state index is 0.0398. The highest BCUT2D eigenvalue weighted by molar-refractivity contribution is 7.71. The minimum absolute atomic E-state index is 0.0398. The number of nitrogens with one attached hydrogen (secondary N) is 1. The van der Waals surface area contributed by atoms with Gasteiger partial charge in [0.1, 0.15) is 4.51 Å². The van der Waals surface area contributed by atoms with Gasteiger partial charge in [-0.05, 0) is 13.0 Å². The predicted octanol–water partition coefficient (Wildman–Crippen LogP) is 1.45. The van der Waals surface area contributed by atoms with Crippen molar-refractivity contribution >= 4 is 17.9 Å². The summed E-state index contributed by atoms with van der Waals surface area (Å²) >= 11 is 5.12. The largest absolute Gasteiger partial charge is 0.378 e. The molecule has 0 spiro atoms. The number of ether oxygens (including phenoxy) is 1. The summed E-state index contributed by atoms with van der Waals surface area (Å²) < 4.78 is 5.94. The van der Waals surface area contributed by atoms with E-state index in [2.05, 4.69) is 5.32 Å². The molecule has 0 unspecified atom stereocenters. The van der Waals surface area contributed by atoms with Gasteiger partial charge in [0.2, 0.25) is 5.43 Å². The minimum Gasteiger partial charge on any atom is -0.378 e. The van der Waals surface area contributed by atoms with Gasteiger partial charge in [0.25, 0.3) is 0 Å². The van der Waals surface area contributed by atoms with Crippen molar-refractivity contribution in [1.82, 2.24) is 5.32 Å². The Kier molecular flexibility index (Phi) is 5.91. The molecular formula is C13H22N2O2S. The Morgan fingerprint density at radius 1 is 1.39 bits per heavy atom. The molecule has 18 heavy (non-hydrogen) atoms. The SMILES string of the molecule is CNCCOCCN(C)c1c(C(C)C)c(=O)c1=S. The number of likely N-dealkylation sites (N-methyl/N-ethyl adjacent to an activating group) is 2. The summed E-state index contributed by atoms with van der Waals surface area (Å²) in [5.41, 5.74) is 1.83. The molecule has 0 saturated carbocycles. The first kappa shape index (κ1) is 15.3. The summed E-state index contributed by atoms with van der Waals surface area (Å²) in [4.78, 5) is 13.7. The fraction of sp³-hybridized carbons (Fsp3) is 0.692. The average Bonchev–Trinajstić information content (AvgIpc) is 2.33. The third-order valence-electron chi connectivity index (χ3n) is 2.95. The van der Waals surface area contributed by atoms with Crippen LogP contribution in [0.15, 0.2) is 4.79 Å². The molecule has 1 aromatic carbocycles. The van der Waals surface area contributed by atoms with Crippen molar-refractivity contribution in [3.63, 3.8) is 0 Å². The lowest BCUT2D eigenvalue weighted by Gasteiger charge is -2.26. The van der Waals surface area contributed by atoms with E-state index >= 15 is 0 Å². The number of hydrogen-bond acceptors (Lipinski definition) is 5. The van der Waals surface area contributed by atoms with E-state index < -0.39 is 0 Å². The molecule has 0 aliphatic carbocycles. The van der Waals surface area contributed by atoms with Crippen molar-refractivity contribution < 1.29 is 4.74 Å². The maximum Gasteiger partial charge on any atom is 0.204 e. The molecule has 102 valence electrons. The Morgan fingerprint density at radius 3 is 2.61 bits per heavy atom. The molecule has 1 rings (SSSR count). The second kappa shape index (κ2) is 6.97. The Balaban J connectivity index is 2.52. The summed E-state index contributed by atoms with van der Waals surface area (Å²) in [5.74, 6) is 0.229. The second-order valence-electron chi connectivity index (χ2n) is 4.71. The van der Waals surface area contributed by atoms with E-state index in [0.717, 1.165) is 24.3 Å². The molecule has 1 aromatic rings. The van der Waals surface area contributed by atoms with Gasteiger partial charge >= 0.3 is 0 Å². The van der Waals surface area contributed by atoms with E-state index in [9.17, 15) is 4.79 Å². The first-order valence-corrected chi connectivity index (χ1v) is 6.68. The lowest BCUT2D eigenvalue weighted by molar-refractivity contribution is 0.144. The van der Waals surface area contributed by atoms with Gasteiger partial charge in [-0.25, -0.2) is 0 Å². The zero-order valence-electron chi connectivity index (χ0n) is 11.6. The van der Waals surface area contributed by atoms with Crippen LogP contribution in [0.5, 0.6) is 0 Å². The maximum absolute atomic E-state index is 11.7. The second-order valence-corrected chi connectivity index (χ2v) is 5.12. The molecule has 1 N–H and O–H groups in total. The predicted molar refractivity (Wildman–Crippen MR) is 78.0 cm³/mol. The van der Waals surface area contributed by atoms with Crippen LogP contribution in [-0.4, -0.2) is 40.4 Å². The highest BCUT2D eigenvalue weighted by Gasteiger charge is 2.22. The Morgan fingerprint density at radius 2 is 2.06 bits per heavy atom. The van der Waals surface area contributed by atoms with Crippen molar-refractivity contribution in [3.8, 4) is 0 Å². The number of rotatable bonds is 8. The Hall–Kier alpha value is -0.780. The number of hydrogen-bond donors (Lipinski definition) is 1. The summed E-state index contributed by atoms with van der Waals surface area (Å²) in [6, 6.07) is 0. The van der Waals surface area contributed by atoms with Crippen LogP contribution in [0, 0.1) is 4.51 Å². The number of anilines is 1. The first-order valence-electron chi connectivity index (χ1n) is 6.27. The van der Waals surface area contributed by atoms with Crippen LogP contribution in [0.3, 0.4) is 0 Å². The monoisotopic (exact) mass is 270 g/mol. The van der Waals surface area contributed by atoms with E-state index in [1.54, 1.807) is 0 Å². The molecule has 0 amide bonds. The quantitative estimate of drug-likeness (QED) is 0.572. The fourth-order valence-corrected chi connectivity index (χ4v) is 2.28. The van der Waals surface area contributed by atoms with Crippen LogP contribution in [0.1, 0.15) is 25.3 Å². The van der Waals surface area contributed by atoms with Gasteiger partial charge in [-0.2, -0.15) is 0 Å². The Bertz CT molecular complexity index is 450. The van der Waals surface area contributed by atoms with Gasteiger partial charge in [-0.1, -0.05) is 26.1 Å². The molecule has 0 fully saturated rings. The van der Waals surface area contributed by atoms with E-state index in [-0.39, 0.29) is 11.3 Å². The van der Waals surface area contributed by atoms with E-state index in [1.165, 1.54) is 0 Å². The third-order valence-corrected chi connectivity index (χ3v) is 3.33. The van der Waals surface area contributed by atoms with Crippen molar-refractivity contribution in [2.24, 2.45) is 0 Å². The van der Waals surface area contributed by atoms with Gasteiger partial charge in [-0.3, -0.25) is 4.79 Å². The summed E-state index contributed by atoms with van der Waals surface area (Å²) in [7, 11) is 3.85. The lowest BCUT2D eigenvalue weighted by atomic mass is 9.96. The van der Waals surface area contributed by atoms with Crippen LogP contribution < -0.4 is 15.6 Å². The smallest absolute Gasteiger partial charge is 0.204 e. The van der Waals surface area contributed by atoms with Crippen LogP contribution >= 0.6 is 12.2 Å². The lowest BCUT2D eigenvalue weighted by Crippen LogP contribution is -2.32. The van der Waals surface area contributed by atoms with Crippen molar-refractivity contribution in [3.05, 3.63) is 20.3 Å². The molecule has 0 heterocycles. The topological polar surface area (TPSA) is 41.6 Å². The molecular weight excluding hydrogens is 248 g/mol. The summed E-state index contributed by atoms with van der Waals surface area (Å²) in [6.45, 7) is 6.98. The van der Waals surface area contributed by atoms with Crippen LogP contribution in [0.4, 0.5) is 5.69 Å². The molecule has 0 saturated heterocycles. The van der Waals surface area contributed by atoms with Crippen molar-refractivity contribution in [1.29, 1.82) is 0 Å². The summed E-state index contributed by atoms with van der Waals surface area (Å²) in [5, 5.41) is 3.02. The average molecular weight is 270 g/mol. The third kappa shape index (κ3) is 3.37. The normalized spacial score (nSPS) is 11.4. The zero-order chi connectivity index (χ0) is 13.7. The maximum atomic E-state index is 11.7. The molecule has 0 aliphatic rings. The van der Waals surface area contributed by atoms with Gasteiger partial charge in [0.05, 0.1) is 18.9 Å². The van der Waals surface area contributed by atoms with Crippen molar-refractivity contribution in [2.45, 2.75) is 19.8 Å². The van der Waals surface area contributed by atoms with E-state index in [0.29, 0.717) is 17.7 Å². The molecule has 0 atom stereocenters. The van der Waals surface area contributed by atoms with Crippen LogP contribution in [-0.2, 0) is 4.74 Å². The van der Waals surface area contributed by atoms with Crippen LogP contribution in [0.2, 0.25) is 0 Å². The molecule has 4 nitrogen and oxygen atoms in total. The molecule has 5 heteroatoms. The van der Waals surface area contributed by atoms with Gasteiger partial charge in [-0.15, -0.1) is 0 Å². The van der Waals surface area contributed by atoms with E-state index in [1.807, 2.05) is 32.8 Å². The zero-order valence-corrected chi connectivity index (χ0v) is 12.4. The highest BCUT2D eigenvalue weighted by Crippen LogP contribution is 2.27. The molecule has 0 aliphatic heterocycles. The van der Waals surface area contributed by atoms with Crippen molar-refractivity contribution in [2.75, 3.05) is 45.3 Å². The standard InChI is InChI=1S/C13H22N2O2S/c1-9(2)10-11(13(18)12(10)16)15(4)6-8-17-7-5-14-3/h9,14H,5-8H2,1-4H3. The van der Waals surface area contributed by atoms with E-state index in [4.69, 9.17) is 17.0 Å². The Labute approximate surface area is 114 Å². The molecule has 0 aromatic heterocycles. The van der Waals surface area contributed by atoms with Gasteiger partial charge in [0, 0.05) is 25.7 Å². The fourth-order valence-electron chi connectivity index (χ4n) is 1.90. The molecule has 0 bridgehead atoms. The number of nitrogens with zero attached hydrogens (tertiary/aromatic N) is 1. The first-order chi connectivity index (χ1) is 8.50. The summed E-state index contributed by atoms with van der Waals surface area (Å²) in [6.07, 6.45) is 0. The molecule has 0 radical (unpaired) electrons.